The number of ether oxygens (including phenoxy) is 4. The van der Waals surface area contributed by atoms with Gasteiger partial charge >= 0.3 is 25.6 Å². The first kappa shape index (κ1) is 79.8. The van der Waals surface area contributed by atoms with Crippen molar-refractivity contribution in [1.82, 2.24) is 35.2 Å². The van der Waals surface area contributed by atoms with Crippen molar-refractivity contribution in [2.45, 2.75) is 106 Å². The molecule has 8 aliphatic rings. The minimum absolute atomic E-state index is 0.00939. The summed E-state index contributed by atoms with van der Waals surface area (Å²) >= 11 is 11.2. The average molecular weight is 1530 g/mol. The molecule has 4 fully saturated rings. The fourth-order valence-corrected chi connectivity index (χ4v) is 20.9. The molecule has 13 rings (SSSR count). The normalized spacial score (nSPS) is 28.1. The number of piperidine rings is 1. The van der Waals surface area contributed by atoms with E-state index in [0.29, 0.717) is 182 Å². The monoisotopic (exact) mass is 1530 g/mol. The molecular weight excluding hydrogens is 1430 g/mol. The van der Waals surface area contributed by atoms with E-state index in [-0.39, 0.29) is 59.3 Å². The van der Waals surface area contributed by atoms with Gasteiger partial charge in [0.25, 0.3) is 0 Å². The molecule has 2 aliphatic carbocycles. The summed E-state index contributed by atoms with van der Waals surface area (Å²) in [6.07, 6.45) is 6.72. The topological polar surface area (TPSA) is 376 Å². The smallest absolute Gasteiger partial charge is 0.344 e. The van der Waals surface area contributed by atoms with Gasteiger partial charge < -0.3 is 85.3 Å². The number of nitrogens with zero attached hydrogens (tertiary/aromatic N) is 4. The summed E-state index contributed by atoms with van der Waals surface area (Å²) in [5.41, 5.74) is -2.47. The lowest BCUT2D eigenvalue weighted by atomic mass is 9.47. The number of carbonyl (C=O) groups excluding carboxylic acids is 6. The number of aliphatic hydroxyl groups is 4. The molecule has 0 radical (unpaired) electrons. The number of rotatable bonds is 25. The van der Waals surface area contributed by atoms with Gasteiger partial charge in [0.15, 0.2) is 6.10 Å². The Morgan fingerprint density at radius 2 is 1.44 bits per heavy atom. The highest BCUT2D eigenvalue weighted by Crippen LogP contribution is 2.68. The van der Waals surface area contributed by atoms with Crippen LogP contribution < -0.4 is 36.0 Å². The van der Waals surface area contributed by atoms with Gasteiger partial charge in [0.05, 0.1) is 80.7 Å². The second-order valence-electron chi connectivity index (χ2n) is 28.3. The van der Waals surface area contributed by atoms with Gasteiger partial charge in [0, 0.05) is 160 Å². The van der Waals surface area contributed by atoms with E-state index in [1.54, 1.807) is 22.9 Å². The Morgan fingerprint density at radius 3 is 2.00 bits per heavy atom. The third-order valence-corrected chi connectivity index (χ3v) is 25.2. The number of phenolic OH excluding ortho intramolecular Hbond substituents is 2. The standard InChI is InChI=1S/C46H56N4O10.C22H28N4O6.C7H15Cl2N2O2P/c1-7-42(55)22-28-23-45(40(53)58-5,36-30(14-18-48(24-28)25-42)29-12-9-10-13-33(29)47-36)32-20-31-34(21-35(32)57-4)50(26-51)38-44(31)16-19-49-17-11-15-43(8-2,37(44)49)39(60-27(3)52)46(38,56)41(54)59-6;27-11-9-23-5-7-25-13-1-2-14(26-8-6-24-10-12-28)18-17(13)21(31)19-15(29)3-4-16(30)20(19)22(18)32;8-2-5-11(6-3-9)14(12)10-4-1-7-13-14/h9-13,15,20-21,26,28,37-39,47,55-56H,7-8,14,16-19,22-25H2,1-6H3;1-4,23-30H,5-12H2;1-7H2,(H,10,12)/t28-,37+,38-,39-,42+,43-,44-,45+,46+;;/m1../s1. The second-order valence-corrected chi connectivity index (χ2v) is 31.2. The first-order chi connectivity index (χ1) is 51.0. The van der Waals surface area contributed by atoms with Crippen LogP contribution in [-0.4, -0.2) is 260 Å². The Balaban J connectivity index is 0.000000202. The van der Waals surface area contributed by atoms with Gasteiger partial charge in [-0.25, -0.2) is 14.6 Å². The molecule has 11 atom stereocenters. The van der Waals surface area contributed by atoms with E-state index in [9.17, 15) is 49.0 Å². The molecule has 3 saturated heterocycles. The number of esters is 3. The molecular formula is C75H99Cl2N10O18P. The van der Waals surface area contributed by atoms with Crippen LogP contribution >= 0.6 is 30.9 Å². The number of aromatic amines is 1. The minimum atomic E-state index is -2.84. The van der Waals surface area contributed by atoms with E-state index in [0.717, 1.165) is 29.4 Å². The Morgan fingerprint density at radius 1 is 0.802 bits per heavy atom. The number of ketones is 2. The van der Waals surface area contributed by atoms with Crippen LogP contribution in [0.4, 0.5) is 17.1 Å². The third-order valence-electron chi connectivity index (χ3n) is 22.5. The van der Waals surface area contributed by atoms with Crippen molar-refractivity contribution in [1.29, 1.82) is 0 Å². The third kappa shape index (κ3) is 14.1. The minimum Gasteiger partial charge on any atom is -0.507 e. The molecule has 1 amide bonds. The average Bonchev–Trinajstić information content (AvgIpc) is 1.46. The molecule has 1 spiro atoms. The van der Waals surface area contributed by atoms with Gasteiger partial charge in [0.2, 0.25) is 23.6 Å². The highest BCUT2D eigenvalue weighted by atomic mass is 35.5. The summed E-state index contributed by atoms with van der Waals surface area (Å²) < 4.78 is 42.9. The van der Waals surface area contributed by atoms with Crippen LogP contribution in [0.25, 0.3) is 10.9 Å². The van der Waals surface area contributed by atoms with E-state index < -0.39 is 82.8 Å². The van der Waals surface area contributed by atoms with Crippen molar-refractivity contribution in [2.24, 2.45) is 11.3 Å². The molecule has 7 heterocycles. The number of benzene rings is 4. The number of para-hydroxylation sites is 1. The summed E-state index contributed by atoms with van der Waals surface area (Å²) in [6, 6.07) is 15.7. The number of anilines is 3. The lowest BCUT2D eigenvalue weighted by molar-refractivity contribution is -0.228. The summed E-state index contributed by atoms with van der Waals surface area (Å²) in [5, 5.41) is 79.7. The maximum absolute atomic E-state index is 15.3. The summed E-state index contributed by atoms with van der Waals surface area (Å²) in [5.74, 6) is -3.08. The van der Waals surface area contributed by atoms with E-state index in [2.05, 4.69) is 47.2 Å². The zero-order chi connectivity index (χ0) is 76.1. The molecule has 1 saturated carbocycles. The summed E-state index contributed by atoms with van der Waals surface area (Å²) in [4.78, 5) is 92.9. The molecule has 106 heavy (non-hydrogen) atoms. The summed E-state index contributed by atoms with van der Waals surface area (Å²) in [6.45, 7) is 13.3. The van der Waals surface area contributed by atoms with Crippen molar-refractivity contribution in [3.63, 3.8) is 0 Å². The Labute approximate surface area is 626 Å². The fraction of sp³-hybridized carbons (Fsp3) is 0.547. The SMILES string of the molecule is CC[C@]1(O)C[C@H]2CN(CCc3c([nH]c4ccccc34)[C@@](C(=O)OC)(c3cc4c(cc3OC)N(C=O)[C@H]3[C@@](O)(C(=O)OC)[C@H](OC(C)=O)[C@]5(CC)C=CCN6CC[C@]43[C@@H]65)C2)C1.O=C1c2c(O)ccc(O)c2C(=O)c2c(NCCNCCO)ccc(NCCNCCO)c21.O=P1(N(CCCl)CCCl)NCCCO1. The van der Waals surface area contributed by atoms with Gasteiger partial charge in [-0.2, -0.15) is 0 Å². The van der Waals surface area contributed by atoms with Crippen molar-refractivity contribution in [3.8, 4) is 17.2 Å². The number of carbonyl (C=O) groups is 6. The highest BCUT2D eigenvalue weighted by molar-refractivity contribution is 7.54. The van der Waals surface area contributed by atoms with Crippen molar-refractivity contribution in [3.05, 3.63) is 117 Å². The molecule has 4 aromatic carbocycles. The number of phenols is 2. The van der Waals surface area contributed by atoms with Gasteiger partial charge in [-0.15, -0.1) is 23.2 Å². The fourth-order valence-electron chi connectivity index (χ4n) is 18.3. The van der Waals surface area contributed by atoms with E-state index in [4.69, 9.17) is 56.9 Å². The Kier molecular flexibility index (Phi) is 25.1. The Bertz CT molecular complexity index is 4090. The van der Waals surface area contributed by atoms with Crippen LogP contribution in [0.1, 0.15) is 114 Å². The molecule has 28 nitrogen and oxygen atoms in total. The number of H-pyrrole nitrogens is 1. The number of hydrogen-bond donors (Lipinski definition) is 12. The van der Waals surface area contributed by atoms with Crippen molar-refractivity contribution < 1.29 is 87.4 Å². The number of alkyl halides is 2. The number of nitrogens with one attached hydrogen (secondary N) is 6. The van der Waals surface area contributed by atoms with E-state index in [1.807, 2.05) is 50.3 Å². The molecule has 1 aromatic heterocycles. The zero-order valence-electron chi connectivity index (χ0n) is 60.8. The van der Waals surface area contributed by atoms with Crippen LogP contribution in [0.15, 0.2) is 72.8 Å². The molecule has 31 heteroatoms. The molecule has 12 N–H and O–H groups in total. The van der Waals surface area contributed by atoms with Crippen LogP contribution in [0, 0.1) is 11.3 Å². The summed E-state index contributed by atoms with van der Waals surface area (Å²) in [7, 11) is 1.25. The second kappa shape index (κ2) is 33.3. The number of fused-ring (bicyclic) bond motifs is 8. The quantitative estimate of drug-likeness (QED) is 0.00508. The molecule has 5 aromatic rings. The van der Waals surface area contributed by atoms with Gasteiger partial charge in [-0.05, 0) is 105 Å². The van der Waals surface area contributed by atoms with Gasteiger partial charge in [-0.1, -0.05) is 44.2 Å². The number of aliphatic hydroxyl groups excluding tert-OH is 2. The van der Waals surface area contributed by atoms with Crippen molar-refractivity contribution >= 4 is 94.7 Å². The van der Waals surface area contributed by atoms with Crippen LogP contribution in [0.3, 0.4) is 0 Å². The van der Waals surface area contributed by atoms with Crippen LogP contribution in [0.2, 0.25) is 0 Å². The molecule has 2 bridgehead atoms. The maximum atomic E-state index is 15.3. The van der Waals surface area contributed by atoms with E-state index >= 15 is 4.79 Å². The number of aromatic nitrogens is 1. The number of halogens is 2. The predicted molar refractivity (Wildman–Crippen MR) is 400 cm³/mol. The van der Waals surface area contributed by atoms with E-state index in [1.165, 1.54) is 45.3 Å². The number of aromatic hydroxyl groups is 2. The van der Waals surface area contributed by atoms with Gasteiger partial charge in [0.1, 0.15) is 22.7 Å². The largest absolute Gasteiger partial charge is 0.507 e. The maximum Gasteiger partial charge on any atom is 0.344 e. The highest BCUT2D eigenvalue weighted by Gasteiger charge is 2.81. The molecule has 576 valence electrons. The lowest BCUT2D eigenvalue weighted by Gasteiger charge is -2.63. The zero-order valence-corrected chi connectivity index (χ0v) is 63.2. The van der Waals surface area contributed by atoms with Crippen LogP contribution in [0.5, 0.6) is 17.2 Å². The lowest BCUT2D eigenvalue weighted by Crippen LogP contribution is -2.81. The number of hydrogen-bond acceptors (Lipinski definition) is 24. The van der Waals surface area contributed by atoms with Crippen molar-refractivity contribution in [2.75, 3.05) is 160 Å². The van der Waals surface area contributed by atoms with Crippen LogP contribution in [-0.2, 0) is 59.7 Å². The number of amides is 1. The predicted octanol–water partition coefficient (Wildman–Crippen LogP) is 5.26. The Hall–Kier alpha value is -7.25. The first-order valence-corrected chi connectivity index (χ1v) is 38.9. The molecule has 2 unspecified atom stereocenters. The first-order valence-electron chi connectivity index (χ1n) is 36.3. The van der Waals surface area contributed by atoms with Gasteiger partial charge in [-0.3, -0.25) is 38.3 Å². The number of methoxy groups -OCH3 is 3. The molecule has 6 aliphatic heterocycles.